The first-order valence-corrected chi connectivity index (χ1v) is 12.6. The molecule has 0 bridgehead atoms. The van der Waals surface area contributed by atoms with Crippen molar-refractivity contribution in [1.29, 1.82) is 0 Å². The van der Waals surface area contributed by atoms with Crippen LogP contribution in [-0.4, -0.2) is 29.0 Å². The maximum atomic E-state index is 13.3. The van der Waals surface area contributed by atoms with E-state index in [4.69, 9.17) is 4.74 Å². The van der Waals surface area contributed by atoms with Crippen LogP contribution in [0.3, 0.4) is 0 Å². The van der Waals surface area contributed by atoms with E-state index < -0.39 is 17.8 Å². The first kappa shape index (κ1) is 24.5. The Balaban J connectivity index is 1.44. The molecule has 37 heavy (non-hydrogen) atoms. The van der Waals surface area contributed by atoms with Gasteiger partial charge in [0.15, 0.2) is 0 Å². The van der Waals surface area contributed by atoms with Gasteiger partial charge in [0.05, 0.1) is 12.2 Å². The molecule has 0 aliphatic carbocycles. The second-order valence-electron chi connectivity index (χ2n) is 8.85. The third-order valence-corrected chi connectivity index (χ3v) is 6.75. The molecule has 186 valence electrons. The predicted molar refractivity (Wildman–Crippen MR) is 146 cm³/mol. The molecule has 8 heteroatoms. The van der Waals surface area contributed by atoms with E-state index in [0.717, 1.165) is 31.6 Å². The molecule has 1 aromatic heterocycles. The van der Waals surface area contributed by atoms with Crippen LogP contribution in [-0.2, 0) is 16.1 Å². The molecule has 5 rings (SSSR count). The maximum Gasteiger partial charge on any atom is 0.335 e. The Morgan fingerprint density at radius 2 is 1.73 bits per heavy atom. The number of hydrogen-bond acceptors (Lipinski definition) is 4. The van der Waals surface area contributed by atoms with Gasteiger partial charge in [-0.25, -0.2) is 9.69 Å². The minimum absolute atomic E-state index is 0.114. The molecule has 0 radical (unpaired) electrons. The quantitative estimate of drug-likeness (QED) is 0.241. The average Bonchev–Trinajstić information content (AvgIpc) is 3.21. The fraction of sp³-hybridized carbons (Fsp3) is 0.138. The zero-order valence-electron chi connectivity index (χ0n) is 20.3. The van der Waals surface area contributed by atoms with Crippen LogP contribution in [0.25, 0.3) is 17.0 Å². The summed E-state index contributed by atoms with van der Waals surface area (Å²) in [6, 6.07) is 19.8. The molecule has 1 aliphatic rings. The third kappa shape index (κ3) is 4.93. The van der Waals surface area contributed by atoms with Gasteiger partial charge in [-0.1, -0.05) is 51.8 Å². The molecule has 1 aliphatic heterocycles. The first-order chi connectivity index (χ1) is 17.8. The Kier molecular flexibility index (Phi) is 6.67. The number of fused-ring (bicyclic) bond motifs is 1. The number of rotatable bonds is 6. The summed E-state index contributed by atoms with van der Waals surface area (Å²) in [6.07, 6.45) is 3.43. The SMILES string of the molecule is Cc1ccc(OCCn2cc(/C=C3/C(=O)NC(=O)N(c4ccc(Br)cc4)C3=O)c3ccccc32)c(C)c1. The fourth-order valence-corrected chi connectivity index (χ4v) is 4.69. The van der Waals surface area contributed by atoms with E-state index in [2.05, 4.69) is 27.3 Å². The third-order valence-electron chi connectivity index (χ3n) is 6.23. The van der Waals surface area contributed by atoms with Crippen LogP contribution in [0.5, 0.6) is 5.75 Å². The van der Waals surface area contributed by atoms with Gasteiger partial charge in [-0.05, 0) is 61.9 Å². The van der Waals surface area contributed by atoms with Gasteiger partial charge in [-0.3, -0.25) is 14.9 Å². The van der Waals surface area contributed by atoms with Gasteiger partial charge in [0.1, 0.15) is 17.9 Å². The number of anilines is 1. The number of urea groups is 1. The highest BCUT2D eigenvalue weighted by Crippen LogP contribution is 2.27. The van der Waals surface area contributed by atoms with Gasteiger partial charge in [0, 0.05) is 27.1 Å². The van der Waals surface area contributed by atoms with Gasteiger partial charge in [-0.2, -0.15) is 0 Å². The van der Waals surface area contributed by atoms with Crippen molar-refractivity contribution >= 4 is 56.4 Å². The van der Waals surface area contributed by atoms with Crippen LogP contribution in [0.15, 0.2) is 83.0 Å². The van der Waals surface area contributed by atoms with Crippen LogP contribution >= 0.6 is 15.9 Å². The van der Waals surface area contributed by atoms with Crippen LogP contribution in [0.2, 0.25) is 0 Å². The van der Waals surface area contributed by atoms with E-state index in [1.165, 1.54) is 5.56 Å². The van der Waals surface area contributed by atoms with Crippen LogP contribution in [0.4, 0.5) is 10.5 Å². The molecular weight excluding hydrogens is 534 g/mol. The first-order valence-electron chi connectivity index (χ1n) is 11.8. The van der Waals surface area contributed by atoms with Crippen molar-refractivity contribution in [2.75, 3.05) is 11.5 Å². The number of carbonyl (C=O) groups is 3. The molecule has 2 heterocycles. The summed E-state index contributed by atoms with van der Waals surface area (Å²) < 4.78 is 8.86. The number of hydrogen-bond donors (Lipinski definition) is 1. The number of nitrogens with zero attached hydrogens (tertiary/aromatic N) is 2. The van der Waals surface area contributed by atoms with Crippen LogP contribution < -0.4 is 15.0 Å². The van der Waals surface area contributed by atoms with Crippen molar-refractivity contribution in [2.45, 2.75) is 20.4 Å². The van der Waals surface area contributed by atoms with Crippen molar-refractivity contribution in [2.24, 2.45) is 0 Å². The number of barbiturate groups is 1. The number of ether oxygens (including phenoxy) is 1. The number of benzene rings is 3. The Labute approximate surface area is 222 Å². The topological polar surface area (TPSA) is 80.6 Å². The lowest BCUT2D eigenvalue weighted by Gasteiger charge is -2.26. The van der Waals surface area contributed by atoms with Crippen LogP contribution in [0, 0.1) is 13.8 Å². The van der Waals surface area contributed by atoms with Gasteiger partial charge in [0.25, 0.3) is 11.8 Å². The molecule has 3 aromatic carbocycles. The molecule has 0 unspecified atom stereocenters. The lowest BCUT2D eigenvalue weighted by Crippen LogP contribution is -2.54. The number of imide groups is 2. The molecule has 1 fully saturated rings. The molecule has 7 nitrogen and oxygen atoms in total. The van der Waals surface area contributed by atoms with E-state index in [1.54, 1.807) is 30.3 Å². The summed E-state index contributed by atoms with van der Waals surface area (Å²) in [5.74, 6) is -0.559. The van der Waals surface area contributed by atoms with Crippen molar-refractivity contribution in [3.8, 4) is 5.75 Å². The average molecular weight is 558 g/mol. The summed E-state index contributed by atoms with van der Waals surface area (Å²) in [5.41, 5.74) is 4.16. The van der Waals surface area contributed by atoms with E-state index in [1.807, 2.05) is 61.0 Å². The number of amides is 4. The second kappa shape index (κ2) is 10.1. The van der Waals surface area contributed by atoms with Gasteiger partial charge in [-0.15, -0.1) is 0 Å². The molecule has 4 amide bonds. The lowest BCUT2D eigenvalue weighted by atomic mass is 10.1. The molecule has 0 saturated carbocycles. The molecule has 4 aromatic rings. The second-order valence-corrected chi connectivity index (χ2v) is 9.76. The summed E-state index contributed by atoms with van der Waals surface area (Å²) in [6.45, 7) is 5.08. The number of nitrogens with one attached hydrogen (secondary N) is 1. The smallest absolute Gasteiger partial charge is 0.335 e. The largest absolute Gasteiger partial charge is 0.491 e. The summed E-state index contributed by atoms with van der Waals surface area (Å²) in [7, 11) is 0. The lowest BCUT2D eigenvalue weighted by molar-refractivity contribution is -0.122. The predicted octanol–water partition coefficient (Wildman–Crippen LogP) is 5.77. The summed E-state index contributed by atoms with van der Waals surface area (Å²) in [4.78, 5) is 39.5. The monoisotopic (exact) mass is 557 g/mol. The van der Waals surface area contributed by atoms with E-state index >= 15 is 0 Å². The van der Waals surface area contributed by atoms with Crippen molar-refractivity contribution in [3.05, 3.63) is 99.7 Å². The van der Waals surface area contributed by atoms with E-state index in [-0.39, 0.29) is 5.57 Å². The Bertz CT molecular complexity index is 1570. The number of para-hydroxylation sites is 1. The highest BCUT2D eigenvalue weighted by atomic mass is 79.9. The minimum atomic E-state index is -0.777. The molecular formula is C29H24BrN3O4. The highest BCUT2D eigenvalue weighted by Gasteiger charge is 2.37. The molecule has 0 spiro atoms. The van der Waals surface area contributed by atoms with Gasteiger partial charge >= 0.3 is 6.03 Å². The number of aromatic nitrogens is 1. The van der Waals surface area contributed by atoms with Gasteiger partial charge in [0.2, 0.25) is 0 Å². The summed E-state index contributed by atoms with van der Waals surface area (Å²) >= 11 is 3.35. The zero-order chi connectivity index (χ0) is 26.1. The Morgan fingerprint density at radius 3 is 2.49 bits per heavy atom. The normalized spacial score (nSPS) is 14.9. The highest BCUT2D eigenvalue weighted by molar-refractivity contribution is 9.10. The Morgan fingerprint density at radius 1 is 0.973 bits per heavy atom. The van der Waals surface area contributed by atoms with Crippen molar-refractivity contribution in [3.63, 3.8) is 0 Å². The standard InChI is InChI=1S/C29H24BrN3O4/c1-18-7-12-26(19(2)15-18)37-14-13-32-17-20(23-5-3-4-6-25(23)32)16-24-27(34)31-29(36)33(28(24)35)22-10-8-21(30)9-11-22/h3-12,15-17H,13-14H2,1-2H3,(H,31,34,36)/b24-16-. The summed E-state index contributed by atoms with van der Waals surface area (Å²) in [5, 5.41) is 3.16. The molecule has 1 N–H and O–H groups in total. The van der Waals surface area contributed by atoms with Crippen molar-refractivity contribution < 1.29 is 19.1 Å². The molecule has 1 saturated heterocycles. The van der Waals surface area contributed by atoms with Crippen LogP contribution in [0.1, 0.15) is 16.7 Å². The minimum Gasteiger partial charge on any atom is -0.491 e. The Hall–Kier alpha value is -4.17. The van der Waals surface area contributed by atoms with Gasteiger partial charge < -0.3 is 9.30 Å². The molecule has 0 atom stereocenters. The van der Waals surface area contributed by atoms with E-state index in [9.17, 15) is 14.4 Å². The van der Waals surface area contributed by atoms with E-state index in [0.29, 0.717) is 24.4 Å². The maximum absolute atomic E-state index is 13.3. The number of aryl methyl sites for hydroxylation is 2. The zero-order valence-corrected chi connectivity index (χ0v) is 21.9. The number of halogens is 1. The number of carbonyl (C=O) groups excluding carboxylic acids is 3. The fourth-order valence-electron chi connectivity index (χ4n) is 4.43. The van der Waals surface area contributed by atoms with Crippen molar-refractivity contribution in [1.82, 2.24) is 9.88 Å².